The van der Waals surface area contributed by atoms with E-state index >= 15 is 0 Å². The Bertz CT molecular complexity index is 492. The minimum Gasteiger partial charge on any atom is -0.496 e. The molecule has 2 aliphatic rings. The van der Waals surface area contributed by atoms with Gasteiger partial charge < -0.3 is 14.5 Å². The largest absolute Gasteiger partial charge is 0.496 e. The van der Waals surface area contributed by atoms with E-state index in [1.54, 1.807) is 18.2 Å². The van der Waals surface area contributed by atoms with Crippen LogP contribution in [0, 0.1) is 0 Å². The van der Waals surface area contributed by atoms with E-state index in [-0.39, 0.29) is 0 Å². The van der Waals surface area contributed by atoms with Crippen molar-refractivity contribution in [1.29, 1.82) is 0 Å². The molecule has 22 heavy (non-hydrogen) atoms. The lowest BCUT2D eigenvalue weighted by atomic mass is 9.86. The Labute approximate surface area is 135 Å². The molecule has 1 aliphatic carbocycles. The summed E-state index contributed by atoms with van der Waals surface area (Å²) in [4.78, 5) is 5.05. The van der Waals surface area contributed by atoms with E-state index in [1.165, 1.54) is 76.8 Å². The maximum absolute atomic E-state index is 5.56. The van der Waals surface area contributed by atoms with E-state index < -0.39 is 0 Å². The van der Waals surface area contributed by atoms with Gasteiger partial charge in [-0.1, -0.05) is 6.07 Å². The molecule has 1 fully saturated rings. The molecule has 0 bridgehead atoms. The smallest absolute Gasteiger partial charge is 0.122 e. The van der Waals surface area contributed by atoms with Gasteiger partial charge in [0.1, 0.15) is 5.75 Å². The first kappa shape index (κ1) is 15.8. The predicted molar refractivity (Wildman–Crippen MR) is 91.9 cm³/mol. The molecule has 1 aliphatic heterocycles. The molecule has 0 saturated carbocycles. The third kappa shape index (κ3) is 3.64. The number of rotatable bonds is 5. The predicted octanol–water partition coefficient (Wildman–Crippen LogP) is 2.75. The van der Waals surface area contributed by atoms with Crippen LogP contribution in [-0.2, 0) is 19.3 Å². The fourth-order valence-corrected chi connectivity index (χ4v) is 3.90. The fourth-order valence-electron chi connectivity index (χ4n) is 3.90. The molecule has 3 nitrogen and oxygen atoms in total. The molecular formula is C19H30N2O. The maximum atomic E-state index is 5.56. The van der Waals surface area contributed by atoms with Crippen LogP contribution in [0.4, 0.5) is 0 Å². The summed E-state index contributed by atoms with van der Waals surface area (Å²) in [5, 5.41) is 0. The lowest BCUT2D eigenvalue weighted by molar-refractivity contribution is 0.153. The van der Waals surface area contributed by atoms with Crippen molar-refractivity contribution in [3.05, 3.63) is 28.8 Å². The summed E-state index contributed by atoms with van der Waals surface area (Å²) in [5.41, 5.74) is 4.67. The van der Waals surface area contributed by atoms with Gasteiger partial charge in [0.05, 0.1) is 7.11 Å². The summed E-state index contributed by atoms with van der Waals surface area (Å²) in [6.45, 7) is 6.15. The lowest BCUT2D eigenvalue weighted by Crippen LogP contribution is -2.44. The Balaban J connectivity index is 1.58. The monoisotopic (exact) mass is 302 g/mol. The summed E-state index contributed by atoms with van der Waals surface area (Å²) in [6, 6.07) is 4.50. The molecular weight excluding hydrogens is 272 g/mol. The van der Waals surface area contributed by atoms with Crippen molar-refractivity contribution in [3.8, 4) is 5.75 Å². The van der Waals surface area contributed by atoms with Gasteiger partial charge in [-0.2, -0.15) is 0 Å². The minimum atomic E-state index is 1.11. The van der Waals surface area contributed by atoms with E-state index in [0.29, 0.717) is 0 Å². The Morgan fingerprint density at radius 3 is 2.45 bits per heavy atom. The van der Waals surface area contributed by atoms with Crippen LogP contribution in [0.2, 0.25) is 0 Å². The van der Waals surface area contributed by atoms with Crippen LogP contribution in [0.25, 0.3) is 0 Å². The number of hydrogen-bond donors (Lipinski definition) is 0. The Morgan fingerprint density at radius 2 is 1.73 bits per heavy atom. The number of aryl methyl sites for hydroxylation is 1. The molecule has 3 heteroatoms. The van der Waals surface area contributed by atoms with Gasteiger partial charge in [-0.3, -0.25) is 0 Å². The molecule has 1 saturated heterocycles. The number of methoxy groups -OCH3 is 1. The first-order chi connectivity index (χ1) is 10.8. The SMILES string of the molecule is COc1ccc(CCCN2CCN(C)CC2)c2c1CCCC2. The highest BCUT2D eigenvalue weighted by atomic mass is 16.5. The second-order valence-electron chi connectivity index (χ2n) is 6.84. The lowest BCUT2D eigenvalue weighted by Gasteiger charge is -2.32. The number of benzene rings is 1. The zero-order valence-electron chi connectivity index (χ0n) is 14.2. The Kier molecular flexibility index (Phi) is 5.37. The van der Waals surface area contributed by atoms with Crippen molar-refractivity contribution in [2.24, 2.45) is 0 Å². The Morgan fingerprint density at radius 1 is 1.00 bits per heavy atom. The van der Waals surface area contributed by atoms with Crippen LogP contribution >= 0.6 is 0 Å². The minimum absolute atomic E-state index is 1.11. The van der Waals surface area contributed by atoms with E-state index in [1.807, 2.05) is 0 Å². The molecule has 0 aromatic heterocycles. The van der Waals surface area contributed by atoms with Gasteiger partial charge in [0.2, 0.25) is 0 Å². The third-order valence-corrected chi connectivity index (χ3v) is 5.33. The normalized spacial score (nSPS) is 19.9. The van der Waals surface area contributed by atoms with Crippen LogP contribution in [0.1, 0.15) is 36.0 Å². The Hall–Kier alpha value is -1.06. The number of likely N-dealkylation sites (N-methyl/N-ethyl adjacent to an activating group) is 1. The van der Waals surface area contributed by atoms with Gasteiger partial charge in [0, 0.05) is 26.2 Å². The van der Waals surface area contributed by atoms with Crippen molar-refractivity contribution in [2.75, 3.05) is 46.9 Å². The van der Waals surface area contributed by atoms with Crippen LogP contribution < -0.4 is 4.74 Å². The summed E-state index contributed by atoms with van der Waals surface area (Å²) >= 11 is 0. The highest BCUT2D eigenvalue weighted by Gasteiger charge is 2.18. The number of hydrogen-bond acceptors (Lipinski definition) is 3. The van der Waals surface area contributed by atoms with Gasteiger partial charge in [0.25, 0.3) is 0 Å². The van der Waals surface area contributed by atoms with Crippen molar-refractivity contribution in [1.82, 2.24) is 9.80 Å². The zero-order valence-corrected chi connectivity index (χ0v) is 14.2. The van der Waals surface area contributed by atoms with Gasteiger partial charge in [-0.15, -0.1) is 0 Å². The van der Waals surface area contributed by atoms with Gasteiger partial charge in [-0.25, -0.2) is 0 Å². The molecule has 1 heterocycles. The molecule has 0 unspecified atom stereocenters. The van der Waals surface area contributed by atoms with Crippen molar-refractivity contribution in [3.63, 3.8) is 0 Å². The molecule has 1 aromatic carbocycles. The zero-order chi connectivity index (χ0) is 15.4. The highest BCUT2D eigenvalue weighted by molar-refractivity contribution is 5.46. The van der Waals surface area contributed by atoms with Crippen molar-refractivity contribution < 1.29 is 4.74 Å². The number of piperazine rings is 1. The van der Waals surface area contributed by atoms with E-state index in [2.05, 4.69) is 29.0 Å². The van der Waals surface area contributed by atoms with Gasteiger partial charge in [0.15, 0.2) is 0 Å². The third-order valence-electron chi connectivity index (χ3n) is 5.33. The summed E-state index contributed by atoms with van der Waals surface area (Å²) < 4.78 is 5.56. The molecule has 0 atom stereocenters. The summed E-state index contributed by atoms with van der Waals surface area (Å²) in [5.74, 6) is 1.11. The van der Waals surface area contributed by atoms with Crippen molar-refractivity contribution >= 4 is 0 Å². The first-order valence-electron chi connectivity index (χ1n) is 8.86. The second kappa shape index (κ2) is 7.47. The number of nitrogens with zero attached hydrogens (tertiary/aromatic N) is 2. The molecule has 122 valence electrons. The maximum Gasteiger partial charge on any atom is 0.122 e. The van der Waals surface area contributed by atoms with E-state index in [0.717, 1.165) is 5.75 Å². The van der Waals surface area contributed by atoms with E-state index in [4.69, 9.17) is 4.74 Å². The van der Waals surface area contributed by atoms with Crippen LogP contribution in [-0.4, -0.2) is 56.7 Å². The fraction of sp³-hybridized carbons (Fsp3) is 0.684. The van der Waals surface area contributed by atoms with Crippen molar-refractivity contribution in [2.45, 2.75) is 38.5 Å². The molecule has 0 N–H and O–H groups in total. The highest BCUT2D eigenvalue weighted by Crippen LogP contribution is 2.32. The van der Waals surface area contributed by atoms with Crippen LogP contribution in [0.5, 0.6) is 5.75 Å². The van der Waals surface area contributed by atoms with Crippen LogP contribution in [0.3, 0.4) is 0 Å². The standard InChI is InChI=1S/C19H30N2O/c1-20-12-14-21(15-13-20)11-5-6-16-9-10-19(22-2)18-8-4-3-7-17(16)18/h9-10H,3-8,11-15H2,1-2H3. The quantitative estimate of drug-likeness (QED) is 0.832. The summed E-state index contributed by atoms with van der Waals surface area (Å²) in [6.07, 6.45) is 7.60. The molecule has 0 spiro atoms. The van der Waals surface area contributed by atoms with E-state index in [9.17, 15) is 0 Å². The molecule has 0 amide bonds. The number of ether oxygens (including phenoxy) is 1. The van der Waals surface area contributed by atoms with Crippen LogP contribution in [0.15, 0.2) is 12.1 Å². The topological polar surface area (TPSA) is 15.7 Å². The number of fused-ring (bicyclic) bond motifs is 1. The average molecular weight is 302 g/mol. The van der Waals surface area contributed by atoms with Gasteiger partial charge >= 0.3 is 0 Å². The average Bonchev–Trinajstić information content (AvgIpc) is 2.57. The second-order valence-corrected chi connectivity index (χ2v) is 6.84. The summed E-state index contributed by atoms with van der Waals surface area (Å²) in [7, 11) is 4.03. The molecule has 0 radical (unpaired) electrons. The molecule has 1 aromatic rings. The first-order valence-corrected chi connectivity index (χ1v) is 8.86. The molecule has 3 rings (SSSR count). The van der Waals surface area contributed by atoms with Gasteiger partial charge in [-0.05, 0) is 74.9 Å².